The maximum atomic E-state index is 11.1. The third-order valence-electron chi connectivity index (χ3n) is 3.40. The van der Waals surface area contributed by atoms with Crippen LogP contribution < -0.4 is 0 Å². The van der Waals surface area contributed by atoms with Gasteiger partial charge in [-0.25, -0.2) is 0 Å². The fraction of sp³-hybridized carbons (Fsp3) is 0.500. The molecular formula is C14H19NO2. The number of esters is 1. The molecule has 0 amide bonds. The van der Waals surface area contributed by atoms with E-state index in [2.05, 4.69) is 33.9 Å². The zero-order chi connectivity index (χ0) is 12.1. The van der Waals surface area contributed by atoms with Gasteiger partial charge in [-0.3, -0.25) is 4.79 Å². The molecule has 0 saturated carbocycles. The van der Waals surface area contributed by atoms with Crippen molar-refractivity contribution in [2.75, 3.05) is 26.7 Å². The maximum absolute atomic E-state index is 11.1. The number of benzene rings is 1. The molecule has 0 bridgehead atoms. The molecule has 3 nitrogen and oxygen atoms in total. The maximum Gasteiger partial charge on any atom is 0.306 e. The molecule has 17 heavy (non-hydrogen) atoms. The molecule has 0 aliphatic carbocycles. The average molecular weight is 233 g/mol. The summed E-state index contributed by atoms with van der Waals surface area (Å²) in [5.74, 6) is 0.502. The van der Waals surface area contributed by atoms with Gasteiger partial charge in [0.15, 0.2) is 0 Å². The highest BCUT2D eigenvalue weighted by atomic mass is 16.5. The summed E-state index contributed by atoms with van der Waals surface area (Å²) < 4.78 is 4.66. The first-order chi connectivity index (χ1) is 8.29. The zero-order valence-corrected chi connectivity index (χ0v) is 10.3. The Morgan fingerprint density at radius 3 is 2.88 bits per heavy atom. The van der Waals surface area contributed by atoms with Gasteiger partial charge in [-0.05, 0) is 24.4 Å². The van der Waals surface area contributed by atoms with E-state index in [0.29, 0.717) is 12.3 Å². The van der Waals surface area contributed by atoms with Crippen molar-refractivity contribution >= 4 is 5.97 Å². The highest BCUT2D eigenvalue weighted by Crippen LogP contribution is 2.26. The second kappa shape index (κ2) is 5.82. The minimum atomic E-state index is -0.117. The standard InChI is InChI=1S/C14H19NO2/c1-17-14(16)8-10-15-9-7-13(11-15)12-5-3-2-4-6-12/h2-6,13H,7-11H2,1H3. The van der Waals surface area contributed by atoms with E-state index in [1.807, 2.05) is 6.07 Å². The van der Waals surface area contributed by atoms with Gasteiger partial charge in [-0.2, -0.15) is 0 Å². The minimum absolute atomic E-state index is 0.117. The van der Waals surface area contributed by atoms with Crippen molar-refractivity contribution in [2.24, 2.45) is 0 Å². The fourth-order valence-electron chi connectivity index (χ4n) is 2.38. The van der Waals surface area contributed by atoms with E-state index in [0.717, 1.165) is 19.6 Å². The van der Waals surface area contributed by atoms with E-state index in [4.69, 9.17) is 0 Å². The number of rotatable bonds is 4. The van der Waals surface area contributed by atoms with Crippen LogP contribution in [0.25, 0.3) is 0 Å². The molecule has 1 aliphatic heterocycles. The van der Waals surface area contributed by atoms with Gasteiger partial charge in [0.05, 0.1) is 13.5 Å². The van der Waals surface area contributed by atoms with Crippen LogP contribution in [0.2, 0.25) is 0 Å². The number of nitrogens with zero attached hydrogens (tertiary/aromatic N) is 1. The minimum Gasteiger partial charge on any atom is -0.469 e. The number of carbonyl (C=O) groups excluding carboxylic acids is 1. The van der Waals surface area contributed by atoms with Crippen LogP contribution in [0.1, 0.15) is 24.3 Å². The quantitative estimate of drug-likeness (QED) is 0.745. The molecule has 1 unspecified atom stereocenters. The van der Waals surface area contributed by atoms with Gasteiger partial charge < -0.3 is 9.64 Å². The molecule has 92 valence electrons. The van der Waals surface area contributed by atoms with E-state index >= 15 is 0 Å². The molecule has 1 atom stereocenters. The third-order valence-corrected chi connectivity index (χ3v) is 3.40. The molecule has 2 rings (SSSR count). The molecule has 0 spiro atoms. The van der Waals surface area contributed by atoms with Crippen LogP contribution in [0.15, 0.2) is 30.3 Å². The molecule has 1 aromatic carbocycles. The molecule has 1 fully saturated rings. The number of methoxy groups -OCH3 is 1. The monoisotopic (exact) mass is 233 g/mol. The summed E-state index contributed by atoms with van der Waals surface area (Å²) in [5, 5.41) is 0. The number of likely N-dealkylation sites (tertiary alicyclic amines) is 1. The Bertz CT molecular complexity index is 364. The average Bonchev–Trinajstić information content (AvgIpc) is 2.86. The smallest absolute Gasteiger partial charge is 0.306 e. The molecule has 3 heteroatoms. The van der Waals surface area contributed by atoms with Crippen molar-refractivity contribution < 1.29 is 9.53 Å². The van der Waals surface area contributed by atoms with Gasteiger partial charge in [0.2, 0.25) is 0 Å². The third kappa shape index (κ3) is 3.30. The normalized spacial score (nSPS) is 20.4. The lowest BCUT2D eigenvalue weighted by Crippen LogP contribution is -2.24. The molecule has 1 saturated heterocycles. The van der Waals surface area contributed by atoms with Crippen LogP contribution in [0.5, 0.6) is 0 Å². The van der Waals surface area contributed by atoms with Crippen molar-refractivity contribution in [3.8, 4) is 0 Å². The molecule has 0 radical (unpaired) electrons. The van der Waals surface area contributed by atoms with Gasteiger partial charge in [-0.1, -0.05) is 30.3 Å². The van der Waals surface area contributed by atoms with Gasteiger partial charge in [-0.15, -0.1) is 0 Å². The van der Waals surface area contributed by atoms with Crippen LogP contribution in [0, 0.1) is 0 Å². The highest BCUT2D eigenvalue weighted by Gasteiger charge is 2.23. The van der Waals surface area contributed by atoms with Gasteiger partial charge in [0.1, 0.15) is 0 Å². The van der Waals surface area contributed by atoms with E-state index in [-0.39, 0.29) is 5.97 Å². The van der Waals surface area contributed by atoms with Gasteiger partial charge >= 0.3 is 5.97 Å². The van der Waals surface area contributed by atoms with E-state index < -0.39 is 0 Å². The van der Waals surface area contributed by atoms with Crippen molar-refractivity contribution in [1.29, 1.82) is 0 Å². The number of ether oxygens (including phenoxy) is 1. The second-order valence-corrected chi connectivity index (χ2v) is 4.52. The summed E-state index contributed by atoms with van der Waals surface area (Å²) in [6.45, 7) is 2.95. The SMILES string of the molecule is COC(=O)CCN1CCC(c2ccccc2)C1. The topological polar surface area (TPSA) is 29.5 Å². The van der Waals surface area contributed by atoms with Crippen LogP contribution in [0.4, 0.5) is 0 Å². The number of hydrogen-bond donors (Lipinski definition) is 0. The van der Waals surface area contributed by atoms with E-state index in [1.54, 1.807) is 0 Å². The van der Waals surface area contributed by atoms with Crippen LogP contribution in [-0.4, -0.2) is 37.6 Å². The summed E-state index contributed by atoms with van der Waals surface area (Å²) in [6, 6.07) is 10.6. The summed E-state index contributed by atoms with van der Waals surface area (Å²) in [4.78, 5) is 13.4. The van der Waals surface area contributed by atoms with Gasteiger partial charge in [0, 0.05) is 13.1 Å². The molecule has 1 heterocycles. The number of carbonyl (C=O) groups is 1. The van der Waals surface area contributed by atoms with Crippen molar-refractivity contribution in [2.45, 2.75) is 18.8 Å². The van der Waals surface area contributed by atoms with Crippen LogP contribution >= 0.6 is 0 Å². The number of hydrogen-bond acceptors (Lipinski definition) is 3. The Labute approximate surface area is 102 Å². The zero-order valence-electron chi connectivity index (χ0n) is 10.3. The van der Waals surface area contributed by atoms with Crippen molar-refractivity contribution in [3.63, 3.8) is 0 Å². The van der Waals surface area contributed by atoms with Crippen molar-refractivity contribution in [3.05, 3.63) is 35.9 Å². The summed E-state index contributed by atoms with van der Waals surface area (Å²) in [7, 11) is 1.44. The first-order valence-electron chi connectivity index (χ1n) is 6.13. The summed E-state index contributed by atoms with van der Waals surface area (Å²) >= 11 is 0. The molecular weight excluding hydrogens is 214 g/mol. The molecule has 1 aliphatic rings. The lowest BCUT2D eigenvalue weighted by atomic mass is 9.99. The van der Waals surface area contributed by atoms with Crippen molar-refractivity contribution in [1.82, 2.24) is 4.90 Å². The van der Waals surface area contributed by atoms with Crippen LogP contribution in [-0.2, 0) is 9.53 Å². The van der Waals surface area contributed by atoms with Crippen LogP contribution in [0.3, 0.4) is 0 Å². The molecule has 0 aromatic heterocycles. The summed E-state index contributed by atoms with van der Waals surface area (Å²) in [5.41, 5.74) is 1.41. The first kappa shape index (κ1) is 12.1. The van der Waals surface area contributed by atoms with E-state index in [9.17, 15) is 4.79 Å². The predicted octanol–water partition coefficient (Wildman–Crippen LogP) is 2.04. The molecule has 1 aromatic rings. The van der Waals surface area contributed by atoms with E-state index in [1.165, 1.54) is 19.1 Å². The Kier molecular flexibility index (Phi) is 4.15. The Hall–Kier alpha value is -1.35. The molecule has 0 N–H and O–H groups in total. The predicted molar refractivity (Wildman–Crippen MR) is 66.9 cm³/mol. The highest BCUT2D eigenvalue weighted by molar-refractivity contribution is 5.69. The summed E-state index contributed by atoms with van der Waals surface area (Å²) in [6.07, 6.45) is 1.68. The fourth-order valence-corrected chi connectivity index (χ4v) is 2.38. The largest absolute Gasteiger partial charge is 0.469 e. The Morgan fingerprint density at radius 1 is 1.41 bits per heavy atom. The lowest BCUT2D eigenvalue weighted by Gasteiger charge is -2.15. The Balaban J connectivity index is 1.82. The Morgan fingerprint density at radius 2 is 2.18 bits per heavy atom. The second-order valence-electron chi connectivity index (χ2n) is 4.52. The lowest BCUT2D eigenvalue weighted by molar-refractivity contribution is -0.140. The first-order valence-corrected chi connectivity index (χ1v) is 6.13. The van der Waals surface area contributed by atoms with Gasteiger partial charge in [0.25, 0.3) is 0 Å².